The SMILES string of the molecule is CC(C)OC(=O)CCC/C=C\C[C@@H]1[C@@H](/C=C/C(=O)COc2ccccc2)[C@H]2C[C@@H]1OB(c1ccccc1)O2. The molecule has 1 aliphatic carbocycles. The molecule has 1 saturated carbocycles. The lowest BCUT2D eigenvalue weighted by atomic mass is 9.77. The van der Waals surface area contributed by atoms with Crippen molar-refractivity contribution in [2.45, 2.75) is 64.3 Å². The molecule has 0 N–H and O–H groups in total. The van der Waals surface area contributed by atoms with Gasteiger partial charge in [0.05, 0.1) is 12.2 Å². The van der Waals surface area contributed by atoms with Crippen LogP contribution in [-0.2, 0) is 23.6 Å². The molecule has 2 bridgehead atoms. The molecular formula is C31H37BO6. The highest BCUT2D eigenvalue weighted by Crippen LogP contribution is 2.43. The molecule has 4 atom stereocenters. The number of para-hydroxylation sites is 1. The molecule has 4 rings (SSSR count). The third-order valence-corrected chi connectivity index (χ3v) is 6.86. The van der Waals surface area contributed by atoms with Crippen molar-refractivity contribution in [2.75, 3.05) is 6.61 Å². The van der Waals surface area contributed by atoms with Gasteiger partial charge in [-0.2, -0.15) is 0 Å². The van der Waals surface area contributed by atoms with E-state index >= 15 is 0 Å². The molecule has 7 heteroatoms. The van der Waals surface area contributed by atoms with Crippen LogP contribution in [0.15, 0.2) is 85.0 Å². The van der Waals surface area contributed by atoms with E-state index in [1.165, 1.54) is 0 Å². The van der Waals surface area contributed by atoms with Crippen molar-refractivity contribution in [3.63, 3.8) is 0 Å². The van der Waals surface area contributed by atoms with Gasteiger partial charge in [0.1, 0.15) is 5.75 Å². The van der Waals surface area contributed by atoms with Gasteiger partial charge >= 0.3 is 13.1 Å². The molecule has 0 aromatic heterocycles. The largest absolute Gasteiger partial charge is 0.494 e. The molecule has 1 saturated heterocycles. The number of carbonyl (C=O) groups excluding carboxylic acids is 2. The number of esters is 1. The molecule has 2 aromatic rings. The van der Waals surface area contributed by atoms with Gasteiger partial charge < -0.3 is 18.8 Å². The first kappa shape index (κ1) is 27.9. The van der Waals surface area contributed by atoms with Crippen LogP contribution < -0.4 is 10.2 Å². The average molecular weight is 516 g/mol. The number of ether oxygens (including phenoxy) is 2. The predicted molar refractivity (Wildman–Crippen MR) is 148 cm³/mol. The smallest absolute Gasteiger partial charge is 0.485 e. The highest BCUT2D eigenvalue weighted by atomic mass is 16.6. The van der Waals surface area contributed by atoms with E-state index in [9.17, 15) is 9.59 Å². The number of hydrogen-bond donors (Lipinski definition) is 0. The molecular weight excluding hydrogens is 479 g/mol. The van der Waals surface area contributed by atoms with Crippen molar-refractivity contribution in [1.29, 1.82) is 0 Å². The van der Waals surface area contributed by atoms with Crippen LogP contribution in [-0.4, -0.2) is 43.8 Å². The van der Waals surface area contributed by atoms with Crippen molar-refractivity contribution in [2.24, 2.45) is 11.8 Å². The van der Waals surface area contributed by atoms with Gasteiger partial charge in [-0.3, -0.25) is 9.59 Å². The van der Waals surface area contributed by atoms with Gasteiger partial charge in [-0.25, -0.2) is 0 Å². The van der Waals surface area contributed by atoms with Crippen LogP contribution in [0.1, 0.15) is 46.0 Å². The quantitative estimate of drug-likeness (QED) is 0.122. The van der Waals surface area contributed by atoms with E-state index < -0.39 is 7.12 Å². The van der Waals surface area contributed by atoms with E-state index in [1.807, 2.05) is 80.6 Å². The van der Waals surface area contributed by atoms with Crippen molar-refractivity contribution < 1.29 is 28.4 Å². The van der Waals surface area contributed by atoms with Crippen LogP contribution in [0.4, 0.5) is 0 Å². The van der Waals surface area contributed by atoms with Crippen molar-refractivity contribution in [3.8, 4) is 5.75 Å². The normalized spacial score (nSPS) is 22.9. The monoisotopic (exact) mass is 516 g/mol. The number of unbranched alkanes of at least 4 members (excludes halogenated alkanes) is 1. The summed E-state index contributed by atoms with van der Waals surface area (Å²) < 4.78 is 23.6. The third kappa shape index (κ3) is 8.17. The number of fused-ring (bicyclic) bond motifs is 2. The Kier molecular flexibility index (Phi) is 10.4. The van der Waals surface area contributed by atoms with Gasteiger partial charge in [0.2, 0.25) is 0 Å². The Morgan fingerprint density at radius 2 is 1.71 bits per heavy atom. The van der Waals surface area contributed by atoms with E-state index in [4.69, 9.17) is 18.8 Å². The zero-order valence-electron chi connectivity index (χ0n) is 22.2. The summed E-state index contributed by atoms with van der Waals surface area (Å²) >= 11 is 0. The third-order valence-electron chi connectivity index (χ3n) is 6.86. The maximum Gasteiger partial charge on any atom is 0.494 e. The highest BCUT2D eigenvalue weighted by molar-refractivity contribution is 6.61. The Hall–Kier alpha value is -3.16. The summed E-state index contributed by atoms with van der Waals surface area (Å²) in [5.41, 5.74) is 1.00. The fraction of sp³-hybridized carbons (Fsp3) is 0.419. The summed E-state index contributed by atoms with van der Waals surface area (Å²) in [6, 6.07) is 19.3. The second kappa shape index (κ2) is 14.1. The van der Waals surface area contributed by atoms with Crippen molar-refractivity contribution in [1.82, 2.24) is 0 Å². The van der Waals surface area contributed by atoms with Gasteiger partial charge in [0.15, 0.2) is 12.4 Å². The lowest BCUT2D eigenvalue weighted by Crippen LogP contribution is -2.45. The Bertz CT molecular complexity index is 1080. The predicted octanol–water partition coefficient (Wildman–Crippen LogP) is 5.07. The molecule has 0 spiro atoms. The molecule has 200 valence electrons. The number of ketones is 1. The first-order chi connectivity index (χ1) is 18.5. The first-order valence-electron chi connectivity index (χ1n) is 13.6. The van der Waals surface area contributed by atoms with Crippen LogP contribution in [0.5, 0.6) is 5.75 Å². The highest BCUT2D eigenvalue weighted by Gasteiger charge is 2.50. The molecule has 2 fully saturated rings. The summed E-state index contributed by atoms with van der Waals surface area (Å²) in [6.45, 7) is 3.71. The fourth-order valence-corrected chi connectivity index (χ4v) is 5.07. The standard InChI is InChI=1S/C31H37BO6/c1-23(2)36-31(34)18-12-4-3-11-17-27-28(20-19-25(33)22-35-26-15-9-6-10-16-26)30-21-29(27)37-32(38-30)24-13-7-5-8-14-24/h3,5-11,13-16,19-20,23,27-30H,4,12,17-18,21-22H2,1-2H3/b11-3-,20-19+/t27-,28-,29+,30-/m1/s1. The first-order valence-corrected chi connectivity index (χ1v) is 13.6. The molecule has 2 aliphatic rings. The van der Waals surface area contributed by atoms with E-state index in [0.717, 1.165) is 31.1 Å². The molecule has 6 nitrogen and oxygen atoms in total. The Balaban J connectivity index is 1.36. The van der Waals surface area contributed by atoms with Crippen LogP contribution in [0.25, 0.3) is 0 Å². The molecule has 0 unspecified atom stereocenters. The molecule has 38 heavy (non-hydrogen) atoms. The Morgan fingerprint density at radius 3 is 2.45 bits per heavy atom. The van der Waals surface area contributed by atoms with Crippen LogP contribution in [0, 0.1) is 11.8 Å². The number of benzene rings is 2. The number of hydrogen-bond acceptors (Lipinski definition) is 6. The maximum absolute atomic E-state index is 12.6. The summed E-state index contributed by atoms with van der Waals surface area (Å²) in [7, 11) is -0.408. The molecule has 0 amide bonds. The number of carbonyl (C=O) groups is 2. The minimum atomic E-state index is -0.408. The van der Waals surface area contributed by atoms with E-state index in [2.05, 4.69) is 12.2 Å². The average Bonchev–Trinajstić information content (AvgIpc) is 3.16. The second-order valence-corrected chi connectivity index (χ2v) is 10.1. The minimum Gasteiger partial charge on any atom is -0.485 e. The number of allylic oxidation sites excluding steroid dienone is 2. The second-order valence-electron chi connectivity index (χ2n) is 10.1. The summed E-state index contributed by atoms with van der Waals surface area (Å²) in [5.74, 6) is 0.684. The zero-order valence-corrected chi connectivity index (χ0v) is 22.2. The summed E-state index contributed by atoms with van der Waals surface area (Å²) in [5, 5.41) is 0. The topological polar surface area (TPSA) is 71.1 Å². The summed E-state index contributed by atoms with van der Waals surface area (Å²) in [4.78, 5) is 24.3. The number of rotatable bonds is 13. The van der Waals surface area contributed by atoms with Gasteiger partial charge in [0.25, 0.3) is 0 Å². The molecule has 2 aromatic carbocycles. The lowest BCUT2D eigenvalue weighted by molar-refractivity contribution is -0.147. The molecule has 1 aliphatic heterocycles. The summed E-state index contributed by atoms with van der Waals surface area (Å²) in [6.07, 6.45) is 11.4. The van der Waals surface area contributed by atoms with Crippen LogP contribution in [0.3, 0.4) is 0 Å². The zero-order chi connectivity index (χ0) is 26.7. The maximum atomic E-state index is 12.6. The lowest BCUT2D eigenvalue weighted by Gasteiger charge is -2.28. The van der Waals surface area contributed by atoms with E-state index in [-0.39, 0.29) is 48.5 Å². The van der Waals surface area contributed by atoms with Crippen LogP contribution >= 0.6 is 0 Å². The Labute approximate surface area is 226 Å². The van der Waals surface area contributed by atoms with E-state index in [0.29, 0.717) is 12.2 Å². The van der Waals surface area contributed by atoms with Gasteiger partial charge in [-0.05, 0) is 69.1 Å². The van der Waals surface area contributed by atoms with Gasteiger partial charge in [-0.1, -0.05) is 66.8 Å². The van der Waals surface area contributed by atoms with Gasteiger partial charge in [0, 0.05) is 18.4 Å². The van der Waals surface area contributed by atoms with Crippen LogP contribution in [0.2, 0.25) is 0 Å². The van der Waals surface area contributed by atoms with Crippen molar-refractivity contribution >= 4 is 24.3 Å². The molecule has 1 heterocycles. The van der Waals surface area contributed by atoms with E-state index in [1.54, 1.807) is 6.08 Å². The fourth-order valence-electron chi connectivity index (χ4n) is 5.07. The van der Waals surface area contributed by atoms with Gasteiger partial charge in [-0.15, -0.1) is 0 Å². The van der Waals surface area contributed by atoms with Crippen molar-refractivity contribution in [3.05, 3.63) is 85.0 Å². The Morgan fingerprint density at radius 1 is 1.00 bits per heavy atom. The molecule has 0 radical (unpaired) electrons. The minimum absolute atomic E-state index is 0.00482.